The summed E-state index contributed by atoms with van der Waals surface area (Å²) in [7, 11) is 0. The largest absolute Gasteiger partial charge is 0.444 e. The quantitative estimate of drug-likeness (QED) is 0.483. The van der Waals surface area contributed by atoms with Crippen molar-refractivity contribution in [3.8, 4) is 0 Å². The fourth-order valence-corrected chi connectivity index (χ4v) is 3.14. The van der Waals surface area contributed by atoms with Crippen LogP contribution in [-0.4, -0.2) is 45.7 Å². The second-order valence-electron chi connectivity index (χ2n) is 7.35. The van der Waals surface area contributed by atoms with Crippen LogP contribution in [0.25, 0.3) is 10.9 Å². The fourth-order valence-electron chi connectivity index (χ4n) is 2.97. The van der Waals surface area contributed by atoms with Crippen molar-refractivity contribution in [3.63, 3.8) is 0 Å². The number of fused-ring (bicyclic) bond motifs is 1. The zero-order chi connectivity index (χ0) is 19.8. The highest BCUT2D eigenvalue weighted by Gasteiger charge is 2.28. The summed E-state index contributed by atoms with van der Waals surface area (Å²) in [5.74, 6) is 0.591. The summed E-state index contributed by atoms with van der Waals surface area (Å²) >= 11 is 6.02. The Bertz CT molecular complexity index is 899. The van der Waals surface area contributed by atoms with Crippen molar-refractivity contribution >= 4 is 40.1 Å². The van der Waals surface area contributed by atoms with Crippen LogP contribution in [0.4, 0.5) is 16.3 Å². The molecule has 1 aliphatic rings. The number of non-ortho nitro benzene ring substituents is 1. The van der Waals surface area contributed by atoms with Gasteiger partial charge in [0, 0.05) is 30.6 Å². The highest BCUT2D eigenvalue weighted by molar-refractivity contribution is 6.28. The van der Waals surface area contributed by atoms with Crippen LogP contribution in [-0.2, 0) is 4.74 Å². The molecule has 0 bridgehead atoms. The van der Waals surface area contributed by atoms with Gasteiger partial charge in [-0.3, -0.25) is 10.1 Å². The second kappa shape index (κ2) is 7.15. The molecule has 1 aliphatic heterocycles. The van der Waals surface area contributed by atoms with Gasteiger partial charge in [-0.15, -0.1) is 0 Å². The van der Waals surface area contributed by atoms with E-state index in [0.29, 0.717) is 29.8 Å². The van der Waals surface area contributed by atoms with Gasteiger partial charge >= 0.3 is 6.09 Å². The van der Waals surface area contributed by atoms with Crippen LogP contribution in [0.1, 0.15) is 27.2 Å². The van der Waals surface area contributed by atoms with Crippen LogP contribution in [0, 0.1) is 10.1 Å². The van der Waals surface area contributed by atoms with Crippen LogP contribution in [0.3, 0.4) is 0 Å². The minimum atomic E-state index is -0.562. The highest BCUT2D eigenvalue weighted by Crippen LogP contribution is 2.30. The lowest BCUT2D eigenvalue weighted by Crippen LogP contribution is -2.40. The summed E-state index contributed by atoms with van der Waals surface area (Å²) in [6.07, 6.45) is 0.255. The highest BCUT2D eigenvalue weighted by atomic mass is 35.5. The number of amides is 1. The first-order valence-corrected chi connectivity index (χ1v) is 8.86. The third kappa shape index (κ3) is 4.54. The van der Waals surface area contributed by atoms with Gasteiger partial charge in [0.25, 0.3) is 5.69 Å². The zero-order valence-electron chi connectivity index (χ0n) is 15.2. The van der Waals surface area contributed by atoms with Gasteiger partial charge in [0.15, 0.2) is 0 Å². The number of halogens is 1. The monoisotopic (exact) mass is 393 g/mol. The van der Waals surface area contributed by atoms with Gasteiger partial charge in [-0.25, -0.2) is 9.78 Å². The predicted molar refractivity (Wildman–Crippen MR) is 101 cm³/mol. The van der Waals surface area contributed by atoms with Crippen molar-refractivity contribution in [1.82, 2.24) is 15.3 Å². The molecule has 2 heterocycles. The third-order valence-corrected chi connectivity index (χ3v) is 4.22. The molecule has 144 valence electrons. The van der Waals surface area contributed by atoms with Gasteiger partial charge in [-0.2, -0.15) is 4.98 Å². The number of rotatable bonds is 3. The van der Waals surface area contributed by atoms with E-state index >= 15 is 0 Å². The molecular formula is C17H20ClN5O4. The van der Waals surface area contributed by atoms with E-state index in [2.05, 4.69) is 15.3 Å². The number of nitrogens with one attached hydrogen (secondary N) is 1. The molecule has 1 N–H and O–H groups in total. The number of carbonyl (C=O) groups excluding carboxylic acids is 1. The van der Waals surface area contributed by atoms with Gasteiger partial charge < -0.3 is 15.0 Å². The molecule has 0 saturated carbocycles. The van der Waals surface area contributed by atoms with Crippen molar-refractivity contribution in [3.05, 3.63) is 33.6 Å². The Hall–Kier alpha value is -2.68. The zero-order valence-corrected chi connectivity index (χ0v) is 16.0. The second-order valence-corrected chi connectivity index (χ2v) is 7.69. The number of alkyl carbamates (subject to hydrolysis) is 1. The van der Waals surface area contributed by atoms with E-state index in [0.717, 1.165) is 6.42 Å². The Kier molecular flexibility index (Phi) is 5.05. The van der Waals surface area contributed by atoms with Crippen LogP contribution in [0.2, 0.25) is 5.28 Å². The van der Waals surface area contributed by atoms with Crippen molar-refractivity contribution in [2.45, 2.75) is 38.8 Å². The Morgan fingerprint density at radius 2 is 2.15 bits per heavy atom. The fraction of sp³-hybridized carbons (Fsp3) is 0.471. The first-order valence-electron chi connectivity index (χ1n) is 8.48. The summed E-state index contributed by atoms with van der Waals surface area (Å²) < 4.78 is 5.29. The predicted octanol–water partition coefficient (Wildman–Crippen LogP) is 3.29. The van der Waals surface area contributed by atoms with Crippen molar-refractivity contribution in [2.75, 3.05) is 18.0 Å². The maximum absolute atomic E-state index is 12.0. The van der Waals surface area contributed by atoms with E-state index in [-0.39, 0.29) is 17.0 Å². The Balaban J connectivity index is 1.80. The van der Waals surface area contributed by atoms with E-state index in [1.165, 1.54) is 12.1 Å². The van der Waals surface area contributed by atoms with Crippen LogP contribution in [0.5, 0.6) is 0 Å². The number of nitro groups is 1. The molecule has 0 unspecified atom stereocenters. The van der Waals surface area contributed by atoms with Gasteiger partial charge in [-0.05, 0) is 44.9 Å². The van der Waals surface area contributed by atoms with E-state index in [9.17, 15) is 14.9 Å². The number of hydrogen-bond donors (Lipinski definition) is 1. The average Bonchev–Trinajstić information content (AvgIpc) is 2.99. The van der Waals surface area contributed by atoms with Gasteiger partial charge in [0.2, 0.25) is 5.28 Å². The number of anilines is 1. The smallest absolute Gasteiger partial charge is 0.407 e. The number of hydrogen-bond acceptors (Lipinski definition) is 7. The molecular weight excluding hydrogens is 374 g/mol. The molecule has 1 aromatic heterocycles. The maximum Gasteiger partial charge on any atom is 0.407 e. The number of carbonyl (C=O) groups is 1. The first kappa shape index (κ1) is 19.1. The van der Waals surface area contributed by atoms with Crippen LogP contribution < -0.4 is 10.2 Å². The summed E-state index contributed by atoms with van der Waals surface area (Å²) in [6.45, 7) is 6.60. The molecule has 1 fully saturated rings. The Morgan fingerprint density at radius 1 is 1.41 bits per heavy atom. The van der Waals surface area contributed by atoms with Crippen molar-refractivity contribution < 1.29 is 14.5 Å². The first-order chi connectivity index (χ1) is 12.6. The standard InChI is InChI=1S/C17H20ClN5O4/c1-17(2,3)27-16(24)19-10-6-7-22(9-10)14-12-5-4-11(23(25)26)8-13(12)20-15(18)21-14/h4-5,8,10H,6-7,9H2,1-3H3,(H,19,24)/t10-/m1/s1. The van der Waals surface area contributed by atoms with E-state index in [1.807, 2.05) is 25.7 Å². The van der Waals surface area contributed by atoms with Gasteiger partial charge in [-0.1, -0.05) is 0 Å². The summed E-state index contributed by atoms with van der Waals surface area (Å²) in [5, 5.41) is 14.5. The molecule has 1 atom stereocenters. The molecule has 3 rings (SSSR count). The minimum absolute atomic E-state index is 0.0153. The maximum atomic E-state index is 12.0. The Labute approximate surface area is 160 Å². The number of aromatic nitrogens is 2. The molecule has 0 spiro atoms. The van der Waals surface area contributed by atoms with E-state index in [4.69, 9.17) is 16.3 Å². The molecule has 0 radical (unpaired) electrons. The van der Waals surface area contributed by atoms with Gasteiger partial charge in [0.1, 0.15) is 11.4 Å². The molecule has 1 amide bonds. The summed E-state index contributed by atoms with van der Waals surface area (Å²) in [4.78, 5) is 32.8. The Morgan fingerprint density at radius 3 is 2.81 bits per heavy atom. The molecule has 2 aromatic rings. The summed E-state index contributed by atoms with van der Waals surface area (Å²) in [6, 6.07) is 4.31. The normalized spacial score (nSPS) is 17.2. The molecule has 27 heavy (non-hydrogen) atoms. The van der Waals surface area contributed by atoms with Crippen LogP contribution >= 0.6 is 11.6 Å². The molecule has 9 nitrogen and oxygen atoms in total. The molecule has 1 saturated heterocycles. The van der Waals surface area contributed by atoms with E-state index in [1.54, 1.807) is 6.07 Å². The average molecular weight is 394 g/mol. The summed E-state index contributed by atoms with van der Waals surface area (Å²) in [5.41, 5.74) is -0.218. The van der Waals surface area contributed by atoms with Gasteiger partial charge in [0.05, 0.1) is 16.5 Å². The molecule has 0 aliphatic carbocycles. The lowest BCUT2D eigenvalue weighted by atomic mass is 10.2. The number of nitro benzene ring substituents is 1. The number of benzene rings is 1. The topological polar surface area (TPSA) is 110 Å². The molecule has 10 heteroatoms. The lowest BCUT2D eigenvalue weighted by molar-refractivity contribution is -0.384. The van der Waals surface area contributed by atoms with Crippen LogP contribution in [0.15, 0.2) is 18.2 Å². The van der Waals surface area contributed by atoms with E-state index < -0.39 is 16.6 Å². The van der Waals surface area contributed by atoms with Crippen molar-refractivity contribution in [1.29, 1.82) is 0 Å². The molecule has 1 aromatic carbocycles. The number of nitrogens with zero attached hydrogens (tertiary/aromatic N) is 4. The third-order valence-electron chi connectivity index (χ3n) is 4.05. The number of ether oxygens (including phenoxy) is 1. The van der Waals surface area contributed by atoms with Crippen molar-refractivity contribution in [2.24, 2.45) is 0 Å². The minimum Gasteiger partial charge on any atom is -0.444 e. The lowest BCUT2D eigenvalue weighted by Gasteiger charge is -2.22. The SMILES string of the molecule is CC(C)(C)OC(=O)N[C@@H]1CCN(c2nc(Cl)nc3cc([N+](=O)[O-])ccc23)C1.